The maximum Gasteiger partial charge on any atom is 0.255 e. The average Bonchev–Trinajstić information content (AvgIpc) is 2.48. The molecule has 0 aliphatic carbocycles. The third-order valence-corrected chi connectivity index (χ3v) is 5.16. The van der Waals surface area contributed by atoms with Crippen LogP contribution in [0.3, 0.4) is 0 Å². The van der Waals surface area contributed by atoms with Crippen LogP contribution in [0.4, 0.5) is 15.8 Å². The number of nitrogens with one attached hydrogen (secondary N) is 1. The van der Waals surface area contributed by atoms with Gasteiger partial charge in [0, 0.05) is 12.6 Å². The Hall–Kier alpha value is -1.83. The van der Waals surface area contributed by atoms with Crippen molar-refractivity contribution in [2.24, 2.45) is 0 Å². The quantitative estimate of drug-likeness (QED) is 0.863. The summed E-state index contributed by atoms with van der Waals surface area (Å²) in [6.45, 7) is 0. The van der Waals surface area contributed by atoms with E-state index in [1.807, 2.05) is 0 Å². The Bertz CT molecular complexity index is 904. The van der Waals surface area contributed by atoms with E-state index in [4.69, 9.17) is 23.2 Å². The van der Waals surface area contributed by atoms with Gasteiger partial charge in [0.15, 0.2) is 0 Å². The molecule has 0 unspecified atom stereocenters. The summed E-state index contributed by atoms with van der Waals surface area (Å²) in [7, 11) is -2.28. The SMILES string of the molecule is CN(c1ccc(F)cc1NC(=O)c1ccc(Cl)c(Cl)c1)S(C)(=O)=O. The van der Waals surface area contributed by atoms with E-state index in [0.29, 0.717) is 0 Å². The number of benzene rings is 2. The maximum atomic E-state index is 13.5. The summed E-state index contributed by atoms with van der Waals surface area (Å²) in [6.07, 6.45) is 1.00. The first-order chi connectivity index (χ1) is 11.1. The van der Waals surface area contributed by atoms with Gasteiger partial charge in [-0.1, -0.05) is 23.2 Å². The van der Waals surface area contributed by atoms with Crippen molar-refractivity contribution in [3.63, 3.8) is 0 Å². The van der Waals surface area contributed by atoms with E-state index in [0.717, 1.165) is 22.7 Å². The second kappa shape index (κ2) is 6.96. The van der Waals surface area contributed by atoms with Crippen molar-refractivity contribution < 1.29 is 17.6 Å². The summed E-state index contributed by atoms with van der Waals surface area (Å²) in [5.41, 5.74) is 0.341. The lowest BCUT2D eigenvalue weighted by Gasteiger charge is -2.20. The molecule has 0 heterocycles. The molecule has 0 saturated heterocycles. The number of hydrogen-bond acceptors (Lipinski definition) is 3. The summed E-state index contributed by atoms with van der Waals surface area (Å²) < 4.78 is 37.8. The molecular formula is C15H13Cl2FN2O3S. The van der Waals surface area contributed by atoms with Crippen LogP contribution < -0.4 is 9.62 Å². The Morgan fingerprint density at radius 2 is 1.79 bits per heavy atom. The molecule has 5 nitrogen and oxygen atoms in total. The average molecular weight is 391 g/mol. The highest BCUT2D eigenvalue weighted by Crippen LogP contribution is 2.29. The lowest BCUT2D eigenvalue weighted by atomic mass is 10.2. The van der Waals surface area contributed by atoms with Crippen LogP contribution in [0.15, 0.2) is 36.4 Å². The van der Waals surface area contributed by atoms with Crippen LogP contribution in [0.1, 0.15) is 10.4 Å². The molecule has 0 radical (unpaired) electrons. The maximum absolute atomic E-state index is 13.5. The second-order valence-corrected chi connectivity index (χ2v) is 7.80. The second-order valence-electron chi connectivity index (χ2n) is 4.97. The molecule has 24 heavy (non-hydrogen) atoms. The highest BCUT2D eigenvalue weighted by Gasteiger charge is 2.18. The van der Waals surface area contributed by atoms with E-state index in [-0.39, 0.29) is 27.0 Å². The third kappa shape index (κ3) is 4.17. The van der Waals surface area contributed by atoms with Gasteiger partial charge in [-0.3, -0.25) is 9.10 Å². The monoisotopic (exact) mass is 390 g/mol. The minimum Gasteiger partial charge on any atom is -0.320 e. The Kier molecular flexibility index (Phi) is 5.37. The van der Waals surface area contributed by atoms with Crippen molar-refractivity contribution >= 4 is 50.5 Å². The summed E-state index contributed by atoms with van der Waals surface area (Å²) in [5.74, 6) is -1.20. The van der Waals surface area contributed by atoms with Crippen LogP contribution in [-0.4, -0.2) is 27.6 Å². The van der Waals surface area contributed by atoms with Gasteiger partial charge in [0.2, 0.25) is 10.0 Å². The van der Waals surface area contributed by atoms with E-state index in [2.05, 4.69) is 5.32 Å². The zero-order valence-corrected chi connectivity index (χ0v) is 15.0. The molecule has 0 aliphatic rings. The lowest BCUT2D eigenvalue weighted by Crippen LogP contribution is -2.26. The number of halogens is 3. The summed E-state index contributed by atoms with van der Waals surface area (Å²) in [5, 5.41) is 2.96. The molecular weight excluding hydrogens is 378 g/mol. The van der Waals surface area contributed by atoms with Crippen molar-refractivity contribution in [3.8, 4) is 0 Å². The molecule has 0 fully saturated rings. The molecule has 2 aromatic carbocycles. The van der Waals surface area contributed by atoms with Crippen molar-refractivity contribution in [2.45, 2.75) is 0 Å². The Balaban J connectivity index is 2.39. The fourth-order valence-corrected chi connectivity index (χ4v) is 2.71. The zero-order valence-electron chi connectivity index (χ0n) is 12.7. The van der Waals surface area contributed by atoms with Gasteiger partial charge < -0.3 is 5.32 Å². The van der Waals surface area contributed by atoms with Crippen LogP contribution >= 0.6 is 23.2 Å². The smallest absolute Gasteiger partial charge is 0.255 e. The third-order valence-electron chi connectivity index (χ3n) is 3.23. The highest BCUT2D eigenvalue weighted by molar-refractivity contribution is 7.92. The highest BCUT2D eigenvalue weighted by atomic mass is 35.5. The van der Waals surface area contributed by atoms with Gasteiger partial charge in [-0.15, -0.1) is 0 Å². The normalized spacial score (nSPS) is 11.2. The Morgan fingerprint density at radius 1 is 1.12 bits per heavy atom. The molecule has 0 aromatic heterocycles. The van der Waals surface area contributed by atoms with Gasteiger partial charge in [0.25, 0.3) is 5.91 Å². The van der Waals surface area contributed by atoms with E-state index < -0.39 is 21.7 Å². The molecule has 128 valence electrons. The number of rotatable bonds is 4. The topological polar surface area (TPSA) is 66.5 Å². The van der Waals surface area contributed by atoms with Crippen LogP contribution in [-0.2, 0) is 10.0 Å². The van der Waals surface area contributed by atoms with Gasteiger partial charge in [-0.25, -0.2) is 12.8 Å². The predicted molar refractivity (Wildman–Crippen MR) is 94.1 cm³/mol. The van der Waals surface area contributed by atoms with Gasteiger partial charge in [-0.2, -0.15) is 0 Å². The molecule has 0 aliphatic heterocycles. The standard InChI is InChI=1S/C15H13Cl2FN2O3S/c1-20(24(2,22)23)14-6-4-10(18)8-13(14)19-15(21)9-3-5-11(16)12(17)7-9/h3-8H,1-2H3,(H,19,21). The molecule has 0 bridgehead atoms. The van der Waals surface area contributed by atoms with Crippen LogP contribution in [0.2, 0.25) is 10.0 Å². The fourth-order valence-electron chi connectivity index (χ4n) is 1.89. The van der Waals surface area contributed by atoms with Crippen molar-refractivity contribution in [2.75, 3.05) is 22.9 Å². The first-order valence-corrected chi connectivity index (χ1v) is 9.20. The van der Waals surface area contributed by atoms with E-state index in [9.17, 15) is 17.6 Å². The van der Waals surface area contributed by atoms with Crippen LogP contribution in [0.25, 0.3) is 0 Å². The fraction of sp³-hybridized carbons (Fsp3) is 0.133. The Morgan fingerprint density at radius 3 is 2.38 bits per heavy atom. The molecule has 2 rings (SSSR count). The largest absolute Gasteiger partial charge is 0.320 e. The van der Waals surface area contributed by atoms with E-state index in [1.165, 1.54) is 31.3 Å². The molecule has 1 N–H and O–H groups in total. The number of amides is 1. The summed E-state index contributed by atoms with van der Waals surface area (Å²) >= 11 is 11.7. The van der Waals surface area contributed by atoms with E-state index >= 15 is 0 Å². The van der Waals surface area contributed by atoms with Crippen LogP contribution in [0.5, 0.6) is 0 Å². The number of anilines is 2. The minimum atomic E-state index is -3.58. The molecule has 0 spiro atoms. The van der Waals surface area contributed by atoms with Gasteiger partial charge in [0.05, 0.1) is 27.7 Å². The zero-order chi connectivity index (χ0) is 18.1. The molecule has 0 atom stereocenters. The first-order valence-electron chi connectivity index (χ1n) is 6.59. The number of sulfonamides is 1. The van der Waals surface area contributed by atoms with Gasteiger partial charge in [-0.05, 0) is 36.4 Å². The van der Waals surface area contributed by atoms with Crippen LogP contribution in [0, 0.1) is 5.82 Å². The van der Waals surface area contributed by atoms with Crippen molar-refractivity contribution in [1.29, 1.82) is 0 Å². The van der Waals surface area contributed by atoms with Gasteiger partial charge >= 0.3 is 0 Å². The summed E-state index contributed by atoms with van der Waals surface area (Å²) in [6, 6.07) is 7.66. The van der Waals surface area contributed by atoms with Gasteiger partial charge in [0.1, 0.15) is 5.82 Å². The lowest BCUT2D eigenvalue weighted by molar-refractivity contribution is 0.102. The minimum absolute atomic E-state index is 0.0130. The number of carbonyl (C=O) groups is 1. The molecule has 1 amide bonds. The number of nitrogens with zero attached hydrogens (tertiary/aromatic N) is 1. The predicted octanol–water partition coefficient (Wildman–Crippen LogP) is 3.78. The molecule has 0 saturated carbocycles. The van der Waals surface area contributed by atoms with Crippen molar-refractivity contribution in [1.82, 2.24) is 0 Å². The van der Waals surface area contributed by atoms with E-state index in [1.54, 1.807) is 0 Å². The van der Waals surface area contributed by atoms with Crippen molar-refractivity contribution in [3.05, 3.63) is 57.8 Å². The molecule has 9 heteroatoms. The number of carbonyl (C=O) groups excluding carboxylic acids is 1. The number of hydrogen-bond donors (Lipinski definition) is 1. The first kappa shape index (κ1) is 18.5. The molecule has 2 aromatic rings. The summed E-state index contributed by atoms with van der Waals surface area (Å²) in [4.78, 5) is 12.3. The Labute approximate surface area is 149 Å².